The highest BCUT2D eigenvalue weighted by molar-refractivity contribution is 9.11. The Morgan fingerprint density at radius 1 is 1.00 bits per heavy atom. The number of thiophene rings is 2. The van der Waals surface area contributed by atoms with Crippen molar-refractivity contribution in [2.75, 3.05) is 7.11 Å². The second kappa shape index (κ2) is 7.65. The third-order valence-electron chi connectivity index (χ3n) is 3.78. The van der Waals surface area contributed by atoms with Crippen LogP contribution in [0.4, 0.5) is 0 Å². The predicted octanol–water partition coefficient (Wildman–Crippen LogP) is 7.26. The van der Waals surface area contributed by atoms with E-state index in [1.807, 2.05) is 34.8 Å². The summed E-state index contributed by atoms with van der Waals surface area (Å²) in [7, 11) is 1.70. The van der Waals surface area contributed by atoms with Gasteiger partial charge >= 0.3 is 0 Å². The van der Waals surface area contributed by atoms with Crippen molar-refractivity contribution in [2.24, 2.45) is 0 Å². The van der Waals surface area contributed by atoms with E-state index in [1.54, 1.807) is 7.11 Å². The van der Waals surface area contributed by atoms with Gasteiger partial charge in [0, 0.05) is 14.6 Å². The zero-order chi connectivity index (χ0) is 16.2. The molecule has 0 unspecified atom stereocenters. The smallest absolute Gasteiger partial charge is 0.118 e. The van der Waals surface area contributed by atoms with Gasteiger partial charge in [0.2, 0.25) is 0 Å². The van der Waals surface area contributed by atoms with Gasteiger partial charge in [-0.1, -0.05) is 13.3 Å². The first-order valence-electron chi connectivity index (χ1n) is 7.74. The zero-order valence-corrected chi connectivity index (χ0v) is 16.5. The second-order valence-corrected chi connectivity index (χ2v) is 8.92. The van der Waals surface area contributed by atoms with E-state index in [0.717, 1.165) is 12.2 Å². The van der Waals surface area contributed by atoms with Crippen molar-refractivity contribution in [3.63, 3.8) is 0 Å². The minimum absolute atomic E-state index is 0.898. The van der Waals surface area contributed by atoms with Crippen LogP contribution in [-0.2, 0) is 6.42 Å². The number of aryl methyl sites for hydroxylation is 1. The lowest BCUT2D eigenvalue weighted by molar-refractivity contribution is 0.415. The Morgan fingerprint density at radius 2 is 1.74 bits per heavy atom. The fourth-order valence-electron chi connectivity index (χ4n) is 2.53. The van der Waals surface area contributed by atoms with Gasteiger partial charge < -0.3 is 4.74 Å². The van der Waals surface area contributed by atoms with E-state index in [-0.39, 0.29) is 0 Å². The average Bonchev–Trinajstić information content (AvgIpc) is 3.19. The monoisotopic (exact) mass is 406 g/mol. The standard InChI is InChI=1S/C19H19BrOS2/c1-3-4-5-14-12-18(20)23-19(14)17-11-10-16(22-17)13-6-8-15(21-2)9-7-13/h6-12H,3-5H2,1-2H3. The van der Waals surface area contributed by atoms with Gasteiger partial charge in [0.05, 0.1) is 10.9 Å². The molecule has 0 atom stereocenters. The molecule has 23 heavy (non-hydrogen) atoms. The molecule has 0 N–H and O–H groups in total. The number of halogens is 1. The molecule has 3 aromatic rings. The van der Waals surface area contributed by atoms with Crippen LogP contribution in [-0.4, -0.2) is 7.11 Å². The maximum atomic E-state index is 5.24. The predicted molar refractivity (Wildman–Crippen MR) is 106 cm³/mol. The molecule has 4 heteroatoms. The van der Waals surface area contributed by atoms with Gasteiger partial charge in [0.25, 0.3) is 0 Å². The molecule has 1 aromatic carbocycles. The van der Waals surface area contributed by atoms with Gasteiger partial charge in [0.1, 0.15) is 5.75 Å². The Bertz CT molecular complexity index is 771. The largest absolute Gasteiger partial charge is 0.497 e. The van der Waals surface area contributed by atoms with Gasteiger partial charge in [0.15, 0.2) is 0 Å². The fourth-order valence-corrected chi connectivity index (χ4v) is 5.38. The summed E-state index contributed by atoms with van der Waals surface area (Å²) in [5.74, 6) is 0.898. The topological polar surface area (TPSA) is 9.23 Å². The molecule has 0 aliphatic carbocycles. The number of methoxy groups -OCH3 is 1. The lowest BCUT2D eigenvalue weighted by atomic mass is 10.1. The Morgan fingerprint density at radius 3 is 2.43 bits per heavy atom. The van der Waals surface area contributed by atoms with Crippen molar-refractivity contribution >= 4 is 38.6 Å². The summed E-state index contributed by atoms with van der Waals surface area (Å²) in [5.41, 5.74) is 2.71. The molecule has 0 aliphatic rings. The van der Waals surface area contributed by atoms with Crippen molar-refractivity contribution in [2.45, 2.75) is 26.2 Å². The number of benzene rings is 1. The van der Waals surface area contributed by atoms with Crippen LogP contribution in [0.3, 0.4) is 0 Å². The molecule has 0 radical (unpaired) electrons. The van der Waals surface area contributed by atoms with Crippen LogP contribution in [0, 0.1) is 0 Å². The van der Waals surface area contributed by atoms with Crippen molar-refractivity contribution in [1.29, 1.82) is 0 Å². The number of unbranched alkanes of at least 4 members (excludes halogenated alkanes) is 1. The SMILES string of the molecule is CCCCc1cc(Br)sc1-c1ccc(-c2ccc(OC)cc2)s1. The zero-order valence-electron chi connectivity index (χ0n) is 13.3. The van der Waals surface area contributed by atoms with Gasteiger partial charge in [-0.25, -0.2) is 0 Å². The molecule has 0 fully saturated rings. The minimum atomic E-state index is 0.898. The van der Waals surface area contributed by atoms with Gasteiger partial charge in [-0.3, -0.25) is 0 Å². The summed E-state index contributed by atoms with van der Waals surface area (Å²) in [5, 5.41) is 0. The van der Waals surface area contributed by atoms with E-state index in [2.05, 4.69) is 53.2 Å². The molecule has 0 aliphatic heterocycles. The van der Waals surface area contributed by atoms with E-state index >= 15 is 0 Å². The fraction of sp³-hybridized carbons (Fsp3) is 0.263. The Balaban J connectivity index is 1.89. The summed E-state index contributed by atoms with van der Waals surface area (Å²) in [6.07, 6.45) is 3.63. The molecule has 1 nitrogen and oxygen atoms in total. The molecule has 0 saturated carbocycles. The van der Waals surface area contributed by atoms with Crippen LogP contribution in [0.25, 0.3) is 20.2 Å². The van der Waals surface area contributed by atoms with E-state index in [9.17, 15) is 0 Å². The molecule has 2 heterocycles. The molecule has 3 rings (SSSR count). The quantitative estimate of drug-likeness (QED) is 0.418. The molecular formula is C19H19BrOS2. The third-order valence-corrected chi connectivity index (χ3v) is 6.78. The van der Waals surface area contributed by atoms with Gasteiger partial charge in [-0.2, -0.15) is 0 Å². The first-order valence-corrected chi connectivity index (χ1v) is 10.2. The lowest BCUT2D eigenvalue weighted by Crippen LogP contribution is -1.82. The number of hydrogen-bond acceptors (Lipinski definition) is 3. The summed E-state index contributed by atoms with van der Waals surface area (Å²) in [6.45, 7) is 2.24. The highest BCUT2D eigenvalue weighted by Gasteiger charge is 2.13. The van der Waals surface area contributed by atoms with Crippen LogP contribution < -0.4 is 4.74 Å². The normalized spacial score (nSPS) is 10.9. The van der Waals surface area contributed by atoms with Crippen LogP contribution in [0.5, 0.6) is 5.75 Å². The molecule has 0 bridgehead atoms. The van der Waals surface area contributed by atoms with Crippen LogP contribution in [0.15, 0.2) is 46.3 Å². The van der Waals surface area contributed by atoms with Crippen LogP contribution in [0.2, 0.25) is 0 Å². The number of rotatable bonds is 6. The van der Waals surface area contributed by atoms with E-state index < -0.39 is 0 Å². The Kier molecular flexibility index (Phi) is 5.57. The summed E-state index contributed by atoms with van der Waals surface area (Å²) in [6, 6.07) is 15.0. The first kappa shape index (κ1) is 16.7. The molecule has 2 aromatic heterocycles. The first-order chi connectivity index (χ1) is 11.2. The maximum absolute atomic E-state index is 5.24. The highest BCUT2D eigenvalue weighted by atomic mass is 79.9. The molecule has 120 valence electrons. The van der Waals surface area contributed by atoms with E-state index in [4.69, 9.17) is 4.74 Å². The van der Waals surface area contributed by atoms with Crippen LogP contribution >= 0.6 is 38.6 Å². The van der Waals surface area contributed by atoms with E-state index in [1.165, 1.54) is 42.4 Å². The van der Waals surface area contributed by atoms with Gasteiger partial charge in [-0.05, 0) is 82.4 Å². The number of hydrogen-bond donors (Lipinski definition) is 0. The second-order valence-electron chi connectivity index (χ2n) is 5.40. The molecule has 0 amide bonds. The van der Waals surface area contributed by atoms with Crippen molar-refractivity contribution < 1.29 is 4.74 Å². The third kappa shape index (κ3) is 3.87. The number of ether oxygens (including phenoxy) is 1. The molecule has 0 spiro atoms. The molecule has 0 saturated heterocycles. The van der Waals surface area contributed by atoms with Crippen molar-refractivity contribution in [3.8, 4) is 25.9 Å². The maximum Gasteiger partial charge on any atom is 0.118 e. The Hall–Kier alpha value is -1.10. The van der Waals surface area contributed by atoms with Crippen LogP contribution in [0.1, 0.15) is 25.3 Å². The summed E-state index contributed by atoms with van der Waals surface area (Å²) in [4.78, 5) is 4.07. The molecular weight excluding hydrogens is 388 g/mol. The minimum Gasteiger partial charge on any atom is -0.497 e. The van der Waals surface area contributed by atoms with Crippen molar-refractivity contribution in [3.05, 3.63) is 51.8 Å². The van der Waals surface area contributed by atoms with Crippen molar-refractivity contribution in [1.82, 2.24) is 0 Å². The lowest BCUT2D eigenvalue weighted by Gasteiger charge is -2.02. The Labute approximate surface area is 154 Å². The summed E-state index contributed by atoms with van der Waals surface area (Å²) < 4.78 is 6.46. The van der Waals surface area contributed by atoms with Gasteiger partial charge in [-0.15, -0.1) is 22.7 Å². The summed E-state index contributed by atoms with van der Waals surface area (Å²) >= 11 is 7.35. The average molecular weight is 407 g/mol. The van der Waals surface area contributed by atoms with E-state index in [0.29, 0.717) is 0 Å². The highest BCUT2D eigenvalue weighted by Crippen LogP contribution is 2.42.